The molecule has 2 aromatic rings. The smallest absolute Gasteiger partial charge is 0.408 e. The molecule has 0 radical (unpaired) electrons. The number of halogens is 1. The lowest BCUT2D eigenvalue weighted by Gasteiger charge is -2.40. The summed E-state index contributed by atoms with van der Waals surface area (Å²) in [5, 5.41) is 19.2. The Hall–Kier alpha value is -2.10. The molecule has 1 saturated heterocycles. The van der Waals surface area contributed by atoms with Gasteiger partial charge in [-0.3, -0.25) is 4.63 Å². The first kappa shape index (κ1) is 22.6. The van der Waals surface area contributed by atoms with E-state index in [1.54, 1.807) is 0 Å². The van der Waals surface area contributed by atoms with Crippen LogP contribution in [0, 0.1) is 5.21 Å². The maximum Gasteiger partial charge on any atom is 0.408 e. The Kier molecular flexibility index (Phi) is 5.68. The number of nitrogens with one attached hydrogen (secondary N) is 1. The lowest BCUT2D eigenvalue weighted by atomic mass is 9.89. The number of carbonyl (C=O) groups is 1. The van der Waals surface area contributed by atoms with E-state index >= 15 is 0 Å². The number of rotatable bonds is 2. The van der Waals surface area contributed by atoms with Crippen molar-refractivity contribution in [2.75, 3.05) is 18.0 Å². The number of hydrogen-bond donors (Lipinski definition) is 1. The molecular formula is C20H30BrN5O4. The number of hydrogen-bond acceptors (Lipinski definition) is 7. The molecule has 10 heteroatoms. The molecule has 1 aliphatic heterocycles. The first-order valence-electron chi connectivity index (χ1n) is 10.1. The summed E-state index contributed by atoms with van der Waals surface area (Å²) < 4.78 is 10.9. The van der Waals surface area contributed by atoms with Gasteiger partial charge in [0.15, 0.2) is 5.82 Å². The lowest BCUT2D eigenvalue weighted by molar-refractivity contribution is -0.782. The molecular weight excluding hydrogens is 454 g/mol. The van der Waals surface area contributed by atoms with Crippen LogP contribution in [0.25, 0.3) is 11.0 Å². The highest BCUT2D eigenvalue weighted by Gasteiger charge is 2.37. The van der Waals surface area contributed by atoms with Gasteiger partial charge in [-0.1, -0.05) is 20.8 Å². The summed E-state index contributed by atoms with van der Waals surface area (Å²) in [6.07, 6.45) is 0.940. The SMILES string of the molecule is CC1(NC(=O)OC(C)(C)C)CCN(c2nc(C(C)(C)C)c(Br)c3no[n+]([O-])c23)CC1. The van der Waals surface area contributed by atoms with Gasteiger partial charge in [0.25, 0.3) is 11.0 Å². The van der Waals surface area contributed by atoms with E-state index in [-0.39, 0.29) is 5.41 Å². The summed E-state index contributed by atoms with van der Waals surface area (Å²) in [4.78, 5) is 19.5. The third kappa shape index (κ3) is 4.63. The molecule has 1 aliphatic rings. The highest BCUT2D eigenvalue weighted by Crippen LogP contribution is 2.37. The fourth-order valence-corrected chi connectivity index (χ4v) is 4.45. The number of amides is 1. The van der Waals surface area contributed by atoms with Gasteiger partial charge in [-0.25, -0.2) is 9.78 Å². The third-order valence-corrected chi connectivity index (χ3v) is 5.89. The lowest BCUT2D eigenvalue weighted by Crippen LogP contribution is -2.54. The number of alkyl carbamates (subject to hydrolysis) is 1. The molecule has 0 spiro atoms. The van der Waals surface area contributed by atoms with E-state index in [1.165, 1.54) is 0 Å². The molecule has 30 heavy (non-hydrogen) atoms. The van der Waals surface area contributed by atoms with Crippen molar-refractivity contribution >= 4 is 38.9 Å². The topological polar surface area (TPSA) is 107 Å². The molecule has 0 aliphatic carbocycles. The van der Waals surface area contributed by atoms with Crippen LogP contribution in [-0.2, 0) is 10.2 Å². The molecule has 3 heterocycles. The fourth-order valence-electron chi connectivity index (χ4n) is 3.50. The number of nitrogens with zero attached hydrogens (tertiary/aromatic N) is 4. The fraction of sp³-hybridized carbons (Fsp3) is 0.700. The zero-order valence-corrected chi connectivity index (χ0v) is 20.2. The van der Waals surface area contributed by atoms with Crippen LogP contribution in [-0.4, -0.2) is 40.5 Å². The normalized spacial score (nSPS) is 17.3. The Morgan fingerprint density at radius 1 is 1.27 bits per heavy atom. The molecule has 0 aromatic carbocycles. The molecule has 0 bridgehead atoms. The minimum absolute atomic E-state index is 0.253. The molecule has 1 N–H and O–H groups in total. The van der Waals surface area contributed by atoms with Crippen molar-refractivity contribution in [1.82, 2.24) is 15.5 Å². The average molecular weight is 484 g/mol. The van der Waals surface area contributed by atoms with E-state index in [1.807, 2.05) is 32.6 Å². The van der Waals surface area contributed by atoms with Crippen molar-refractivity contribution in [2.24, 2.45) is 0 Å². The van der Waals surface area contributed by atoms with Crippen LogP contribution < -0.4 is 15.1 Å². The molecule has 0 unspecified atom stereocenters. The Morgan fingerprint density at radius 2 is 1.87 bits per heavy atom. The summed E-state index contributed by atoms with van der Waals surface area (Å²) in [5.41, 5.74) is 0.366. The van der Waals surface area contributed by atoms with Crippen LogP contribution in [0.1, 0.15) is 67.0 Å². The van der Waals surface area contributed by atoms with Gasteiger partial charge in [-0.15, -0.1) is 0 Å². The van der Waals surface area contributed by atoms with Crippen molar-refractivity contribution in [3.63, 3.8) is 0 Å². The number of pyridine rings is 1. The molecule has 0 atom stereocenters. The minimum Gasteiger partial charge on any atom is -0.444 e. The van der Waals surface area contributed by atoms with Crippen LogP contribution in [0.3, 0.4) is 0 Å². The second-order valence-electron chi connectivity index (χ2n) is 10.1. The van der Waals surface area contributed by atoms with Crippen molar-refractivity contribution in [3.8, 4) is 0 Å². The maximum absolute atomic E-state index is 12.3. The summed E-state index contributed by atoms with van der Waals surface area (Å²) in [6.45, 7) is 14.9. The van der Waals surface area contributed by atoms with Crippen LogP contribution in [0.15, 0.2) is 9.10 Å². The van der Waals surface area contributed by atoms with Crippen LogP contribution in [0.2, 0.25) is 0 Å². The molecule has 3 rings (SSSR count). The van der Waals surface area contributed by atoms with Gasteiger partial charge in [-0.05, 0) is 61.4 Å². The first-order valence-corrected chi connectivity index (χ1v) is 10.8. The van der Waals surface area contributed by atoms with Crippen LogP contribution in [0.4, 0.5) is 10.6 Å². The predicted octanol–water partition coefficient (Wildman–Crippen LogP) is 3.80. The van der Waals surface area contributed by atoms with E-state index in [4.69, 9.17) is 14.3 Å². The Morgan fingerprint density at radius 3 is 2.40 bits per heavy atom. The van der Waals surface area contributed by atoms with E-state index in [9.17, 15) is 10.0 Å². The van der Waals surface area contributed by atoms with Gasteiger partial charge in [0.2, 0.25) is 0 Å². The summed E-state index contributed by atoms with van der Waals surface area (Å²) in [5.74, 6) is 0.550. The summed E-state index contributed by atoms with van der Waals surface area (Å²) >= 11 is 3.54. The number of carbonyl (C=O) groups excluding carboxylic acids is 1. The maximum atomic E-state index is 12.3. The molecule has 1 fully saturated rings. The Balaban J connectivity index is 1.86. The second-order valence-corrected chi connectivity index (χ2v) is 10.9. The Bertz CT molecular complexity index is 953. The van der Waals surface area contributed by atoms with Crippen molar-refractivity contribution < 1.29 is 19.1 Å². The highest BCUT2D eigenvalue weighted by molar-refractivity contribution is 9.10. The molecule has 2 aromatic heterocycles. The van der Waals surface area contributed by atoms with Crippen molar-refractivity contribution in [3.05, 3.63) is 15.4 Å². The zero-order chi connectivity index (χ0) is 22.5. The zero-order valence-electron chi connectivity index (χ0n) is 18.6. The number of fused-ring (bicyclic) bond motifs is 1. The quantitative estimate of drug-likeness (QED) is 0.646. The number of anilines is 1. The second kappa shape index (κ2) is 7.55. The van der Waals surface area contributed by atoms with Crippen molar-refractivity contribution in [1.29, 1.82) is 0 Å². The van der Waals surface area contributed by atoms with E-state index in [0.717, 1.165) is 5.69 Å². The highest BCUT2D eigenvalue weighted by atomic mass is 79.9. The standard InChI is InChI=1S/C20H30BrN5O4/c1-18(2,3)15-12(21)13-14(26(28)30-24-13)16(22-15)25-10-8-20(7,9-11-25)23-17(27)29-19(4,5)6/h8-11H2,1-7H3,(H,23,27). The van der Waals surface area contributed by atoms with Crippen molar-refractivity contribution in [2.45, 2.75) is 77.9 Å². The molecule has 9 nitrogen and oxygen atoms in total. The number of aromatic nitrogens is 3. The predicted molar refractivity (Wildman–Crippen MR) is 116 cm³/mol. The van der Waals surface area contributed by atoms with Gasteiger partial charge >= 0.3 is 6.09 Å². The average Bonchev–Trinajstić information content (AvgIpc) is 2.96. The number of piperidine rings is 1. The number of ether oxygens (including phenoxy) is 1. The van der Waals surface area contributed by atoms with Crippen LogP contribution in [0.5, 0.6) is 0 Å². The Labute approximate surface area is 184 Å². The molecule has 1 amide bonds. The molecule has 0 saturated carbocycles. The largest absolute Gasteiger partial charge is 0.444 e. The van der Waals surface area contributed by atoms with Gasteiger partial charge < -0.3 is 20.2 Å². The van der Waals surface area contributed by atoms with Crippen LogP contribution >= 0.6 is 15.9 Å². The minimum atomic E-state index is -0.548. The van der Waals surface area contributed by atoms with Gasteiger partial charge in [0.1, 0.15) is 5.60 Å². The first-order chi connectivity index (χ1) is 13.7. The van der Waals surface area contributed by atoms with E-state index in [2.05, 4.69) is 47.2 Å². The van der Waals surface area contributed by atoms with Gasteiger partial charge in [0.05, 0.1) is 10.2 Å². The van der Waals surface area contributed by atoms with E-state index < -0.39 is 17.2 Å². The third-order valence-electron chi connectivity index (χ3n) is 5.14. The summed E-state index contributed by atoms with van der Waals surface area (Å²) in [7, 11) is 0. The van der Waals surface area contributed by atoms with E-state index in [0.29, 0.717) is 52.2 Å². The summed E-state index contributed by atoms with van der Waals surface area (Å²) in [6, 6.07) is 0. The molecule has 166 valence electrons. The van der Waals surface area contributed by atoms with Gasteiger partial charge in [-0.2, -0.15) is 0 Å². The monoisotopic (exact) mass is 483 g/mol. The van der Waals surface area contributed by atoms with Gasteiger partial charge in [0, 0.05) is 29.2 Å².